The zero-order chi connectivity index (χ0) is 59.5. The highest BCUT2D eigenvalue weighted by Crippen LogP contribution is 2.69. The van der Waals surface area contributed by atoms with Crippen molar-refractivity contribution in [3.05, 3.63) is 216 Å². The van der Waals surface area contributed by atoms with E-state index in [4.69, 9.17) is 0 Å². The molecule has 0 saturated heterocycles. The summed E-state index contributed by atoms with van der Waals surface area (Å²) < 4.78 is 0. The van der Waals surface area contributed by atoms with Crippen molar-refractivity contribution in [2.24, 2.45) is 10.8 Å². The molecule has 0 spiro atoms. The van der Waals surface area contributed by atoms with Gasteiger partial charge in [-0.25, -0.2) is 0 Å². The SMILES string of the molecule is C[SiH](C)c1ccc2c(c1)C1(C)CC(C)(C)C(C)(C)CC1(C)N2c1cc2c3c(c1)N(c1ccc(C(C)(C)C)cc1-c1ccccc1)c1cc4c(cc1B3c1cc(-c3ccccc3)ccc1N2c1ccc(-c2ccccc2)cc1)C(C)(C)CCC4(C)C. The molecule has 1 fully saturated rings. The highest BCUT2D eigenvalue weighted by molar-refractivity contribution is 7.00. The van der Waals surface area contributed by atoms with E-state index in [0.717, 1.165) is 31.4 Å². The molecule has 0 bridgehead atoms. The van der Waals surface area contributed by atoms with Crippen LogP contribution in [0, 0.1) is 10.8 Å². The lowest BCUT2D eigenvalue weighted by Crippen LogP contribution is -2.63. The van der Waals surface area contributed by atoms with Crippen LogP contribution in [0.15, 0.2) is 194 Å². The van der Waals surface area contributed by atoms with Gasteiger partial charge >= 0.3 is 0 Å². The van der Waals surface area contributed by atoms with Gasteiger partial charge in [-0.05, 0) is 181 Å². The van der Waals surface area contributed by atoms with Gasteiger partial charge in [-0.2, -0.15) is 0 Å². The summed E-state index contributed by atoms with van der Waals surface area (Å²) in [7, 11) is -1.15. The number of hydrogen-bond acceptors (Lipinski definition) is 3. The van der Waals surface area contributed by atoms with E-state index in [1.165, 1.54) is 112 Å². The van der Waals surface area contributed by atoms with Crippen molar-refractivity contribution in [3.8, 4) is 33.4 Å². The first-order chi connectivity index (χ1) is 40.3. The summed E-state index contributed by atoms with van der Waals surface area (Å²) in [6, 6.07) is 76.0. The van der Waals surface area contributed by atoms with E-state index in [0.29, 0.717) is 0 Å². The third kappa shape index (κ3) is 8.47. The summed E-state index contributed by atoms with van der Waals surface area (Å²) in [5, 5.41) is 1.55. The van der Waals surface area contributed by atoms with Gasteiger partial charge in [0.2, 0.25) is 0 Å². The Morgan fingerprint density at radius 2 is 0.929 bits per heavy atom. The predicted octanol–water partition coefficient (Wildman–Crippen LogP) is 19.1. The molecule has 14 rings (SSSR count). The smallest absolute Gasteiger partial charge is 0.252 e. The molecule has 428 valence electrons. The summed E-state index contributed by atoms with van der Waals surface area (Å²) in [4.78, 5) is 8.31. The minimum atomic E-state index is -1.15. The molecule has 1 saturated carbocycles. The van der Waals surface area contributed by atoms with E-state index in [2.05, 4.69) is 312 Å². The van der Waals surface area contributed by atoms with Crippen LogP contribution in [0.4, 0.5) is 45.5 Å². The van der Waals surface area contributed by atoms with Crippen molar-refractivity contribution in [1.82, 2.24) is 0 Å². The number of benzene rings is 9. The fraction of sp³-hybridized carbons (Fsp3) is 0.325. The molecule has 9 aromatic rings. The van der Waals surface area contributed by atoms with E-state index in [1.54, 1.807) is 5.19 Å². The fourth-order valence-electron chi connectivity index (χ4n) is 16.6. The van der Waals surface area contributed by atoms with Crippen LogP contribution in [0.3, 0.4) is 0 Å². The van der Waals surface area contributed by atoms with Gasteiger partial charge in [-0.1, -0.05) is 241 Å². The largest absolute Gasteiger partial charge is 0.334 e. The van der Waals surface area contributed by atoms with Gasteiger partial charge < -0.3 is 14.7 Å². The molecule has 9 aromatic carbocycles. The molecule has 0 N–H and O–H groups in total. The van der Waals surface area contributed by atoms with Gasteiger partial charge in [-0.3, -0.25) is 0 Å². The predicted molar refractivity (Wildman–Crippen MR) is 370 cm³/mol. The Labute approximate surface area is 510 Å². The van der Waals surface area contributed by atoms with Crippen LogP contribution in [0.25, 0.3) is 33.4 Å². The summed E-state index contributed by atoms with van der Waals surface area (Å²) in [6.07, 6.45) is 4.43. The van der Waals surface area contributed by atoms with Crippen LogP contribution >= 0.6 is 0 Å². The van der Waals surface area contributed by atoms with Gasteiger partial charge in [0.25, 0.3) is 6.71 Å². The molecule has 2 aliphatic carbocycles. The second-order valence-corrected chi connectivity index (χ2v) is 33.6. The van der Waals surface area contributed by atoms with Crippen LogP contribution in [0.2, 0.25) is 13.1 Å². The van der Waals surface area contributed by atoms with Crippen molar-refractivity contribution < 1.29 is 0 Å². The van der Waals surface area contributed by atoms with E-state index in [1.807, 2.05) is 0 Å². The minimum Gasteiger partial charge on any atom is -0.334 e. The molecule has 2 atom stereocenters. The molecule has 5 aliphatic rings. The second-order valence-electron chi connectivity index (χ2n) is 30.6. The first kappa shape index (κ1) is 55.5. The summed E-state index contributed by atoms with van der Waals surface area (Å²) in [5.41, 5.74) is 26.9. The maximum atomic E-state index is 2.88. The average Bonchev–Trinajstić information content (AvgIpc) is 1.68. The second kappa shape index (κ2) is 19.1. The van der Waals surface area contributed by atoms with E-state index < -0.39 is 8.80 Å². The van der Waals surface area contributed by atoms with Gasteiger partial charge in [0.05, 0.1) is 20.0 Å². The summed E-state index contributed by atoms with van der Waals surface area (Å²) in [6.45, 7) is 37.5. The third-order valence-corrected chi connectivity index (χ3v) is 24.1. The van der Waals surface area contributed by atoms with E-state index in [9.17, 15) is 0 Å². The van der Waals surface area contributed by atoms with Crippen LogP contribution in [0.1, 0.15) is 138 Å². The van der Waals surface area contributed by atoms with E-state index in [-0.39, 0.29) is 44.7 Å². The zero-order valence-corrected chi connectivity index (χ0v) is 54.5. The van der Waals surface area contributed by atoms with E-state index >= 15 is 0 Å². The van der Waals surface area contributed by atoms with Crippen molar-refractivity contribution in [3.63, 3.8) is 0 Å². The lowest BCUT2D eigenvalue weighted by Gasteiger charge is -2.61. The fourth-order valence-corrected chi connectivity index (χ4v) is 17.5. The maximum absolute atomic E-state index is 2.88. The third-order valence-electron chi connectivity index (χ3n) is 22.4. The number of nitrogens with zero attached hydrogens (tertiary/aromatic N) is 3. The number of fused-ring (bicyclic) bond motifs is 8. The molecule has 0 amide bonds. The summed E-state index contributed by atoms with van der Waals surface area (Å²) in [5.74, 6) is 0. The molecule has 5 heteroatoms. The van der Waals surface area contributed by atoms with Crippen molar-refractivity contribution in [2.45, 2.75) is 156 Å². The zero-order valence-electron chi connectivity index (χ0n) is 53.3. The molecule has 3 heterocycles. The quantitative estimate of drug-likeness (QED) is 0.147. The molecule has 2 unspecified atom stereocenters. The normalized spacial score (nSPS) is 20.9. The minimum absolute atomic E-state index is 0.0113. The first-order valence-electron chi connectivity index (χ1n) is 31.8. The van der Waals surface area contributed by atoms with Gasteiger partial charge in [0.15, 0.2) is 0 Å². The van der Waals surface area contributed by atoms with Crippen LogP contribution in [-0.2, 0) is 21.7 Å². The molecule has 3 aliphatic heterocycles. The molecular weight excluding hydrogens is 1040 g/mol. The van der Waals surface area contributed by atoms with Gasteiger partial charge in [-0.15, -0.1) is 0 Å². The molecular formula is C80H86BN3Si. The Balaban J connectivity index is 1.15. The summed E-state index contributed by atoms with van der Waals surface area (Å²) >= 11 is 0. The monoisotopic (exact) mass is 1130 g/mol. The number of anilines is 8. The first-order valence-corrected chi connectivity index (χ1v) is 34.7. The van der Waals surface area contributed by atoms with Crippen LogP contribution in [0.5, 0.6) is 0 Å². The molecule has 3 nitrogen and oxygen atoms in total. The topological polar surface area (TPSA) is 9.72 Å². The van der Waals surface area contributed by atoms with Crippen LogP contribution < -0.4 is 36.3 Å². The van der Waals surface area contributed by atoms with Crippen molar-refractivity contribution in [1.29, 1.82) is 0 Å². The highest BCUT2D eigenvalue weighted by Gasteiger charge is 2.65. The Morgan fingerprint density at radius 1 is 0.412 bits per heavy atom. The molecule has 0 radical (unpaired) electrons. The lowest BCUT2D eigenvalue weighted by atomic mass is 9.33. The van der Waals surface area contributed by atoms with Crippen molar-refractivity contribution in [2.75, 3.05) is 14.7 Å². The number of hydrogen-bond donors (Lipinski definition) is 0. The van der Waals surface area contributed by atoms with Crippen LogP contribution in [-0.4, -0.2) is 21.0 Å². The Hall–Kier alpha value is -7.34. The Bertz CT molecular complexity index is 4130. The molecule has 0 aromatic heterocycles. The highest BCUT2D eigenvalue weighted by atomic mass is 28.3. The standard InChI is InChI=1S/C80H86BN3Si/c1-74(2,3)57-34-39-67(61(44-57)55-29-23-18-24-30-55)83-70-49-63-62(75(4,5)41-42-76(63,6)7)48-66(70)81-65-43-56(53-27-21-17-22-28-53)33-38-69(65)82(58-35-31-54(32-36-58)52-25-19-16-20-26-52)71-45-59(46-72(83)73(71)81)84-68-40-37-60(85(14)15)47-64(68)79(12)50-77(8,9)78(10,11)51-80(79,84)13/h16-40,43-49,85H,41-42,50-51H2,1-15H3. The Morgan fingerprint density at radius 3 is 1.54 bits per heavy atom. The Kier molecular flexibility index (Phi) is 12.5. The van der Waals surface area contributed by atoms with Crippen molar-refractivity contribution >= 4 is 82.6 Å². The lowest BCUT2D eigenvalue weighted by molar-refractivity contribution is -0.0311. The maximum Gasteiger partial charge on any atom is 0.252 e. The van der Waals surface area contributed by atoms with Gasteiger partial charge in [0.1, 0.15) is 0 Å². The molecule has 85 heavy (non-hydrogen) atoms. The van der Waals surface area contributed by atoms with Gasteiger partial charge in [0, 0.05) is 50.8 Å². The average molecular weight is 1130 g/mol. The number of rotatable bonds is 7.